The van der Waals surface area contributed by atoms with Crippen LogP contribution in [-0.2, 0) is 17.8 Å². The maximum Gasteiger partial charge on any atom is 0.405 e. The summed E-state index contributed by atoms with van der Waals surface area (Å²) in [6.45, 7) is 4.20. The number of rotatable bonds is 6. The van der Waals surface area contributed by atoms with E-state index in [-0.39, 0.29) is 0 Å². The average molecular weight is 299 g/mol. The van der Waals surface area contributed by atoms with Crippen LogP contribution < -0.4 is 10.5 Å². The molecule has 4 nitrogen and oxygen atoms in total. The summed E-state index contributed by atoms with van der Waals surface area (Å²) in [6, 6.07) is 17.8. The number of carbonyl (C=O) groups is 1. The lowest BCUT2D eigenvalue weighted by Crippen LogP contribution is -2.33. The zero-order chi connectivity index (χ0) is 16.0. The maximum atomic E-state index is 10.9. The summed E-state index contributed by atoms with van der Waals surface area (Å²) in [6.07, 6.45) is -0.164. The second-order valence-corrected chi connectivity index (χ2v) is 5.78. The molecule has 0 saturated carbocycles. The van der Waals surface area contributed by atoms with E-state index >= 15 is 0 Å². The second kappa shape index (κ2) is 6.98. The third kappa shape index (κ3) is 5.13. The van der Waals surface area contributed by atoms with Gasteiger partial charge in [-0.1, -0.05) is 42.5 Å². The van der Waals surface area contributed by atoms with Crippen molar-refractivity contribution < 1.29 is 14.3 Å². The van der Waals surface area contributed by atoms with Crippen LogP contribution in [0, 0.1) is 0 Å². The zero-order valence-corrected chi connectivity index (χ0v) is 12.9. The number of benzene rings is 2. The van der Waals surface area contributed by atoms with E-state index in [0.29, 0.717) is 13.0 Å². The molecule has 0 aliphatic heterocycles. The van der Waals surface area contributed by atoms with Gasteiger partial charge in [-0.2, -0.15) is 0 Å². The molecule has 0 spiro atoms. The van der Waals surface area contributed by atoms with E-state index in [1.165, 1.54) is 0 Å². The molecule has 2 aromatic carbocycles. The molecule has 1 amide bonds. The van der Waals surface area contributed by atoms with Crippen molar-refractivity contribution in [2.75, 3.05) is 0 Å². The smallest absolute Gasteiger partial charge is 0.405 e. The molecule has 116 valence electrons. The zero-order valence-electron chi connectivity index (χ0n) is 12.9. The number of nitrogens with two attached hydrogens (primary N) is 1. The van der Waals surface area contributed by atoms with Crippen molar-refractivity contribution in [3.8, 4) is 5.75 Å². The van der Waals surface area contributed by atoms with E-state index in [2.05, 4.69) is 0 Å². The first kappa shape index (κ1) is 15.9. The molecule has 0 atom stereocenters. The van der Waals surface area contributed by atoms with Gasteiger partial charge in [0.15, 0.2) is 0 Å². The lowest BCUT2D eigenvalue weighted by Gasteiger charge is -2.24. The lowest BCUT2D eigenvalue weighted by molar-refractivity contribution is 0.0460. The van der Waals surface area contributed by atoms with Crippen molar-refractivity contribution in [2.24, 2.45) is 5.73 Å². The predicted octanol–water partition coefficient (Wildman–Crippen LogP) is 3.68. The number of hydrogen-bond acceptors (Lipinski definition) is 3. The fraction of sp³-hybridized carbons (Fsp3) is 0.278. The fourth-order valence-corrected chi connectivity index (χ4v) is 2.24. The average Bonchev–Trinajstić information content (AvgIpc) is 2.46. The first-order valence-electron chi connectivity index (χ1n) is 7.19. The van der Waals surface area contributed by atoms with Crippen LogP contribution in [0.5, 0.6) is 5.75 Å². The number of hydrogen-bond donors (Lipinski definition) is 1. The SMILES string of the molecule is CC(C)(Cc1ccc(OCc2ccccc2)cc1)OC(N)=O. The highest BCUT2D eigenvalue weighted by Crippen LogP contribution is 2.20. The lowest BCUT2D eigenvalue weighted by atomic mass is 9.98. The molecule has 4 heteroatoms. The number of carbonyl (C=O) groups excluding carboxylic acids is 1. The second-order valence-electron chi connectivity index (χ2n) is 5.78. The Kier molecular flexibility index (Phi) is 5.04. The largest absolute Gasteiger partial charge is 0.489 e. The minimum atomic E-state index is -0.757. The van der Waals surface area contributed by atoms with Gasteiger partial charge in [-0.05, 0) is 37.1 Å². The third-order valence-electron chi connectivity index (χ3n) is 3.18. The summed E-state index contributed by atoms with van der Waals surface area (Å²) >= 11 is 0. The van der Waals surface area contributed by atoms with Crippen LogP contribution in [0.4, 0.5) is 4.79 Å². The molecule has 0 aromatic heterocycles. The summed E-state index contributed by atoms with van der Waals surface area (Å²) in [5, 5.41) is 0. The highest BCUT2D eigenvalue weighted by molar-refractivity contribution is 5.65. The molecule has 0 fully saturated rings. The molecule has 0 aliphatic carbocycles. The van der Waals surface area contributed by atoms with Gasteiger partial charge in [-0.15, -0.1) is 0 Å². The van der Waals surface area contributed by atoms with Crippen molar-refractivity contribution in [1.82, 2.24) is 0 Å². The third-order valence-corrected chi connectivity index (χ3v) is 3.18. The van der Waals surface area contributed by atoms with Gasteiger partial charge in [0.05, 0.1) is 0 Å². The molecule has 0 heterocycles. The van der Waals surface area contributed by atoms with Gasteiger partial charge >= 0.3 is 6.09 Å². The van der Waals surface area contributed by atoms with Gasteiger partial charge in [0.1, 0.15) is 18.0 Å². The summed E-state index contributed by atoms with van der Waals surface area (Å²) in [5.74, 6) is 0.807. The standard InChI is InChI=1S/C18H21NO3/c1-18(2,22-17(19)20)12-14-8-10-16(11-9-14)21-13-15-6-4-3-5-7-15/h3-11H,12-13H2,1-2H3,(H2,19,20). The van der Waals surface area contributed by atoms with Crippen molar-refractivity contribution in [1.29, 1.82) is 0 Å². The van der Waals surface area contributed by atoms with E-state index in [0.717, 1.165) is 16.9 Å². The highest BCUT2D eigenvalue weighted by Gasteiger charge is 2.22. The Bertz CT molecular complexity index is 606. The van der Waals surface area contributed by atoms with Gasteiger partial charge in [0, 0.05) is 6.42 Å². The molecule has 2 rings (SSSR count). The monoisotopic (exact) mass is 299 g/mol. The molecule has 0 unspecified atom stereocenters. The van der Waals surface area contributed by atoms with E-state index < -0.39 is 11.7 Å². The Labute approximate surface area is 130 Å². The predicted molar refractivity (Wildman–Crippen MR) is 85.7 cm³/mol. The Morgan fingerprint density at radius 3 is 2.23 bits per heavy atom. The topological polar surface area (TPSA) is 61.6 Å². The van der Waals surface area contributed by atoms with Crippen molar-refractivity contribution in [3.63, 3.8) is 0 Å². The van der Waals surface area contributed by atoms with Gasteiger partial charge < -0.3 is 15.2 Å². The van der Waals surface area contributed by atoms with Crippen molar-refractivity contribution in [2.45, 2.75) is 32.5 Å². The molecule has 0 saturated heterocycles. The van der Waals surface area contributed by atoms with E-state index in [1.807, 2.05) is 68.4 Å². The normalized spacial score (nSPS) is 11.0. The van der Waals surface area contributed by atoms with Crippen molar-refractivity contribution >= 4 is 6.09 Å². The molecule has 0 radical (unpaired) electrons. The molecule has 0 aliphatic rings. The number of primary amides is 1. The maximum absolute atomic E-state index is 10.9. The summed E-state index contributed by atoms with van der Waals surface area (Å²) < 4.78 is 10.8. The molecular weight excluding hydrogens is 278 g/mol. The van der Waals surface area contributed by atoms with Crippen LogP contribution in [-0.4, -0.2) is 11.7 Å². The Hall–Kier alpha value is -2.49. The van der Waals surface area contributed by atoms with Gasteiger partial charge in [0.25, 0.3) is 0 Å². The minimum absolute atomic E-state index is 0.538. The van der Waals surface area contributed by atoms with Crippen molar-refractivity contribution in [3.05, 3.63) is 65.7 Å². The molecule has 2 N–H and O–H groups in total. The number of amides is 1. The van der Waals surface area contributed by atoms with E-state index in [4.69, 9.17) is 15.2 Å². The number of ether oxygens (including phenoxy) is 2. The van der Waals surface area contributed by atoms with Crippen LogP contribution in [0.3, 0.4) is 0 Å². The molecule has 2 aromatic rings. The van der Waals surface area contributed by atoms with Gasteiger partial charge in [-0.3, -0.25) is 0 Å². The van der Waals surface area contributed by atoms with Gasteiger partial charge in [0.2, 0.25) is 0 Å². The first-order chi connectivity index (χ1) is 10.4. The molecule has 0 bridgehead atoms. The van der Waals surface area contributed by atoms with Gasteiger partial charge in [-0.25, -0.2) is 4.79 Å². The van der Waals surface area contributed by atoms with Crippen LogP contribution in [0.25, 0.3) is 0 Å². The van der Waals surface area contributed by atoms with Crippen LogP contribution in [0.15, 0.2) is 54.6 Å². The van der Waals surface area contributed by atoms with Crippen LogP contribution in [0.1, 0.15) is 25.0 Å². The van der Waals surface area contributed by atoms with E-state index in [9.17, 15) is 4.79 Å². The quantitative estimate of drug-likeness (QED) is 0.885. The fourth-order valence-electron chi connectivity index (χ4n) is 2.24. The molecule has 22 heavy (non-hydrogen) atoms. The summed E-state index contributed by atoms with van der Waals surface area (Å²) in [5.41, 5.74) is 6.62. The highest BCUT2D eigenvalue weighted by atomic mass is 16.6. The van der Waals surface area contributed by atoms with Crippen LogP contribution in [0.2, 0.25) is 0 Å². The first-order valence-corrected chi connectivity index (χ1v) is 7.19. The summed E-state index contributed by atoms with van der Waals surface area (Å²) in [7, 11) is 0. The minimum Gasteiger partial charge on any atom is -0.489 e. The van der Waals surface area contributed by atoms with Crippen LogP contribution >= 0.6 is 0 Å². The summed E-state index contributed by atoms with van der Waals surface area (Å²) in [4.78, 5) is 10.9. The molecular formula is C18H21NO3. The Balaban J connectivity index is 1.91. The Morgan fingerprint density at radius 2 is 1.64 bits per heavy atom. The Morgan fingerprint density at radius 1 is 1.00 bits per heavy atom. The van der Waals surface area contributed by atoms with E-state index in [1.54, 1.807) is 0 Å².